The molecule has 1 amide bonds. The number of sulfonamides is 1. The molecule has 0 unspecified atom stereocenters. The van der Waals surface area contributed by atoms with Crippen LogP contribution in [0.3, 0.4) is 0 Å². The molecule has 3 aromatic rings. The Balaban J connectivity index is 1.52. The van der Waals surface area contributed by atoms with Crippen molar-refractivity contribution in [1.29, 1.82) is 0 Å². The molecular formula is C24H22F2N2O3S. The largest absolute Gasteiger partial charge is 0.339 e. The average Bonchev–Trinajstić information content (AvgIpc) is 2.82. The molecule has 166 valence electrons. The number of carbonyl (C=O) groups excluding carboxylic acids is 1. The maximum absolute atomic E-state index is 13.5. The summed E-state index contributed by atoms with van der Waals surface area (Å²) in [5.41, 5.74) is 1.72. The van der Waals surface area contributed by atoms with Crippen LogP contribution in [0.25, 0.3) is 0 Å². The topological polar surface area (TPSA) is 57.7 Å². The van der Waals surface area contributed by atoms with E-state index in [0.717, 1.165) is 23.3 Å². The first-order chi connectivity index (χ1) is 15.4. The van der Waals surface area contributed by atoms with Gasteiger partial charge in [0, 0.05) is 26.2 Å². The van der Waals surface area contributed by atoms with Gasteiger partial charge in [-0.25, -0.2) is 17.2 Å². The molecule has 0 N–H and O–H groups in total. The lowest BCUT2D eigenvalue weighted by Gasteiger charge is -2.36. The Morgan fingerprint density at radius 2 is 1.28 bits per heavy atom. The summed E-state index contributed by atoms with van der Waals surface area (Å²) in [5, 5.41) is 0. The number of nitrogens with zero attached hydrogens (tertiary/aromatic N) is 2. The fourth-order valence-corrected chi connectivity index (χ4v) is 5.32. The van der Waals surface area contributed by atoms with Gasteiger partial charge < -0.3 is 4.90 Å². The molecule has 4 rings (SSSR count). The van der Waals surface area contributed by atoms with E-state index in [9.17, 15) is 22.0 Å². The van der Waals surface area contributed by atoms with Crippen molar-refractivity contribution in [3.63, 3.8) is 0 Å². The quantitative estimate of drug-likeness (QED) is 0.589. The van der Waals surface area contributed by atoms with Gasteiger partial charge in [-0.3, -0.25) is 4.79 Å². The molecule has 32 heavy (non-hydrogen) atoms. The first-order valence-electron chi connectivity index (χ1n) is 10.2. The number of carbonyl (C=O) groups is 1. The summed E-state index contributed by atoms with van der Waals surface area (Å²) in [6.07, 6.45) is 0. The van der Waals surface area contributed by atoms with Crippen molar-refractivity contribution in [3.8, 4) is 0 Å². The van der Waals surface area contributed by atoms with E-state index in [-0.39, 0.29) is 37.0 Å². The number of piperazine rings is 1. The molecule has 1 heterocycles. The minimum Gasteiger partial charge on any atom is -0.339 e. The SMILES string of the molecule is O=C(C(c1ccccc1)c1ccccc1)N1CCN(S(=O)(=O)c2ccc(F)c(F)c2)CC1. The fourth-order valence-electron chi connectivity index (χ4n) is 3.89. The molecule has 1 aliphatic rings. The predicted molar refractivity (Wildman–Crippen MR) is 116 cm³/mol. The number of rotatable bonds is 5. The second kappa shape index (κ2) is 9.18. The molecule has 1 saturated heterocycles. The number of benzene rings is 3. The van der Waals surface area contributed by atoms with E-state index in [4.69, 9.17) is 0 Å². The molecule has 0 radical (unpaired) electrons. The van der Waals surface area contributed by atoms with Crippen LogP contribution in [0.1, 0.15) is 17.0 Å². The van der Waals surface area contributed by atoms with Gasteiger partial charge in [0.15, 0.2) is 11.6 Å². The Bertz CT molecular complexity index is 1160. The van der Waals surface area contributed by atoms with E-state index >= 15 is 0 Å². The van der Waals surface area contributed by atoms with Crippen LogP contribution in [0.2, 0.25) is 0 Å². The normalized spacial score (nSPS) is 15.2. The molecule has 0 aromatic heterocycles. The van der Waals surface area contributed by atoms with Crippen molar-refractivity contribution in [2.45, 2.75) is 10.8 Å². The van der Waals surface area contributed by atoms with Gasteiger partial charge >= 0.3 is 0 Å². The highest BCUT2D eigenvalue weighted by Crippen LogP contribution is 2.28. The van der Waals surface area contributed by atoms with Crippen LogP contribution in [0.4, 0.5) is 8.78 Å². The molecule has 1 fully saturated rings. The van der Waals surface area contributed by atoms with E-state index in [0.29, 0.717) is 6.07 Å². The molecule has 0 spiro atoms. The van der Waals surface area contributed by atoms with Crippen molar-refractivity contribution in [2.24, 2.45) is 0 Å². The third-order valence-electron chi connectivity index (χ3n) is 5.59. The fraction of sp³-hybridized carbons (Fsp3) is 0.208. The van der Waals surface area contributed by atoms with Crippen LogP contribution in [-0.2, 0) is 14.8 Å². The summed E-state index contributed by atoms with van der Waals surface area (Å²) in [6.45, 7) is 0.558. The van der Waals surface area contributed by atoms with Crippen LogP contribution in [0.15, 0.2) is 83.8 Å². The molecule has 0 bridgehead atoms. The minimum atomic E-state index is -3.99. The Hall–Kier alpha value is -3.10. The lowest BCUT2D eigenvalue weighted by molar-refractivity contribution is -0.133. The summed E-state index contributed by atoms with van der Waals surface area (Å²) in [4.78, 5) is 14.8. The number of hydrogen-bond acceptors (Lipinski definition) is 3. The molecule has 5 nitrogen and oxygen atoms in total. The lowest BCUT2D eigenvalue weighted by atomic mass is 9.90. The van der Waals surface area contributed by atoms with E-state index in [1.165, 1.54) is 4.31 Å². The smallest absolute Gasteiger partial charge is 0.243 e. The molecule has 1 aliphatic heterocycles. The average molecular weight is 457 g/mol. The van der Waals surface area contributed by atoms with Crippen LogP contribution in [0, 0.1) is 11.6 Å². The second-order valence-corrected chi connectivity index (χ2v) is 9.50. The van der Waals surface area contributed by atoms with Gasteiger partial charge in [-0.05, 0) is 29.3 Å². The maximum atomic E-state index is 13.5. The van der Waals surface area contributed by atoms with Crippen molar-refractivity contribution < 1.29 is 22.0 Å². The van der Waals surface area contributed by atoms with Crippen molar-refractivity contribution in [3.05, 3.63) is 102 Å². The highest BCUT2D eigenvalue weighted by molar-refractivity contribution is 7.89. The minimum absolute atomic E-state index is 0.0728. The lowest BCUT2D eigenvalue weighted by Crippen LogP contribution is -2.51. The summed E-state index contributed by atoms with van der Waals surface area (Å²) in [6, 6.07) is 21.4. The maximum Gasteiger partial charge on any atom is 0.243 e. The summed E-state index contributed by atoms with van der Waals surface area (Å²) in [7, 11) is -3.99. The summed E-state index contributed by atoms with van der Waals surface area (Å²) < 4.78 is 53.6. The van der Waals surface area contributed by atoms with Crippen molar-refractivity contribution in [2.75, 3.05) is 26.2 Å². The van der Waals surface area contributed by atoms with Gasteiger partial charge in [-0.2, -0.15) is 4.31 Å². The van der Waals surface area contributed by atoms with Gasteiger partial charge in [-0.1, -0.05) is 60.7 Å². The van der Waals surface area contributed by atoms with Crippen LogP contribution >= 0.6 is 0 Å². The van der Waals surface area contributed by atoms with Gasteiger partial charge in [0.05, 0.1) is 10.8 Å². The number of hydrogen-bond donors (Lipinski definition) is 0. The highest BCUT2D eigenvalue weighted by atomic mass is 32.2. The Labute approximate surface area is 186 Å². The van der Waals surface area contributed by atoms with Gasteiger partial charge in [0.1, 0.15) is 0 Å². The number of halogens is 2. The predicted octanol–water partition coefficient (Wildman–Crippen LogP) is 3.63. The van der Waals surface area contributed by atoms with Crippen LogP contribution in [-0.4, -0.2) is 49.7 Å². The molecule has 0 atom stereocenters. The van der Waals surface area contributed by atoms with E-state index in [1.807, 2.05) is 60.7 Å². The third kappa shape index (κ3) is 4.42. The van der Waals surface area contributed by atoms with E-state index in [1.54, 1.807) is 4.90 Å². The zero-order chi connectivity index (χ0) is 22.7. The number of amides is 1. The molecule has 0 aliphatic carbocycles. The summed E-state index contributed by atoms with van der Waals surface area (Å²) in [5.74, 6) is -2.92. The Kier molecular flexibility index (Phi) is 6.34. The second-order valence-electron chi connectivity index (χ2n) is 7.56. The van der Waals surface area contributed by atoms with Gasteiger partial charge in [0.2, 0.25) is 15.9 Å². The van der Waals surface area contributed by atoms with Crippen LogP contribution in [0.5, 0.6) is 0 Å². The first kappa shape index (κ1) is 22.1. The standard InChI is InChI=1S/C24H22F2N2O3S/c25-21-12-11-20(17-22(21)26)32(30,31)28-15-13-27(14-16-28)24(29)23(18-7-3-1-4-8-18)19-9-5-2-6-10-19/h1-12,17,23H,13-16H2. The third-order valence-corrected chi connectivity index (χ3v) is 7.49. The molecule has 0 saturated carbocycles. The molecule has 3 aromatic carbocycles. The molecule has 8 heteroatoms. The van der Waals surface area contributed by atoms with E-state index in [2.05, 4.69) is 0 Å². The first-order valence-corrected chi connectivity index (χ1v) is 11.7. The van der Waals surface area contributed by atoms with Gasteiger partial charge in [0.25, 0.3) is 0 Å². The Morgan fingerprint density at radius 3 is 1.78 bits per heavy atom. The van der Waals surface area contributed by atoms with E-state index < -0.39 is 27.6 Å². The zero-order valence-corrected chi connectivity index (χ0v) is 18.0. The van der Waals surface area contributed by atoms with Crippen molar-refractivity contribution >= 4 is 15.9 Å². The van der Waals surface area contributed by atoms with Crippen LogP contribution < -0.4 is 0 Å². The van der Waals surface area contributed by atoms with Gasteiger partial charge in [-0.15, -0.1) is 0 Å². The highest BCUT2D eigenvalue weighted by Gasteiger charge is 2.34. The molecular weight excluding hydrogens is 434 g/mol. The summed E-state index contributed by atoms with van der Waals surface area (Å²) >= 11 is 0. The zero-order valence-electron chi connectivity index (χ0n) is 17.2. The van der Waals surface area contributed by atoms with Crippen molar-refractivity contribution in [1.82, 2.24) is 9.21 Å². The monoisotopic (exact) mass is 456 g/mol. The Morgan fingerprint density at radius 1 is 0.750 bits per heavy atom.